The number of phosphoric ester groups is 1. The normalized spacial score (nSPS) is 13.9. The van der Waals surface area contributed by atoms with Gasteiger partial charge in [-0.2, -0.15) is 0 Å². The Kier molecular flexibility index (Phi) is 73.0. The molecule has 3 N–H and O–H groups in total. The maximum Gasteiger partial charge on any atom is 0.472 e. The van der Waals surface area contributed by atoms with E-state index in [1.54, 1.807) is 0 Å². The summed E-state index contributed by atoms with van der Waals surface area (Å²) in [4.78, 5) is 23.5. The summed E-state index contributed by atoms with van der Waals surface area (Å²) in [7, 11) is 1.63. The van der Waals surface area contributed by atoms with E-state index in [-0.39, 0.29) is 19.1 Å². The number of nitrogens with zero attached hydrogens (tertiary/aromatic N) is 1. The van der Waals surface area contributed by atoms with Crippen LogP contribution in [0.4, 0.5) is 0 Å². The average molecular weight is 1340 g/mol. The molecule has 0 bridgehead atoms. The number of hydrogen-bond acceptors (Lipinski definition) is 5. The summed E-state index contributed by atoms with van der Waals surface area (Å²) in [5, 5.41) is 14.2. The number of aliphatic hydroxyl groups is 1. The first-order valence-electron chi connectivity index (χ1n) is 41.0. The van der Waals surface area contributed by atoms with E-state index in [4.69, 9.17) is 9.05 Å². The molecule has 3 unspecified atom stereocenters. The predicted molar refractivity (Wildman–Crippen MR) is 415 cm³/mol. The van der Waals surface area contributed by atoms with Gasteiger partial charge < -0.3 is 19.8 Å². The van der Waals surface area contributed by atoms with Crippen molar-refractivity contribution in [1.82, 2.24) is 5.32 Å². The third-order valence-corrected chi connectivity index (χ3v) is 19.6. The van der Waals surface area contributed by atoms with Crippen molar-refractivity contribution in [1.29, 1.82) is 0 Å². The van der Waals surface area contributed by atoms with Gasteiger partial charge in [-0.3, -0.25) is 13.8 Å². The van der Waals surface area contributed by atoms with Crippen LogP contribution in [0, 0.1) is 0 Å². The minimum atomic E-state index is -4.34. The lowest BCUT2D eigenvalue weighted by Gasteiger charge is -2.26. The maximum absolute atomic E-state index is 13.1. The van der Waals surface area contributed by atoms with Crippen LogP contribution in [-0.4, -0.2) is 73.4 Å². The standard InChI is InChI=1S/C85H159N2O6P/c1-6-8-10-12-14-16-18-20-22-24-26-28-30-32-34-36-38-39-40-41-42-43-44-45-46-47-49-51-53-55-57-59-61-63-65-67-69-71-73-75-77-79-85(89)86-83(82-93-94(90,91)92-81-80-87(3,4)5)84(88)78-76-74-72-70-68-66-64-62-60-58-56-54-52-50-48-37-35-33-31-29-27-25-23-21-19-17-15-13-11-9-7-2/h8,10,14,16,20,22,26,28,32,34,38-39,41-42,83-84,88H,6-7,9,11-13,15,17-19,21,23-25,27,29-31,33,35-37,40,43-82H2,1-5H3,(H-,86,89,90,91)/p+1/b10-8-,16-14-,22-20-,28-26-,34-32-,39-38-,42-41-. The number of phosphoric acid groups is 1. The maximum atomic E-state index is 13.1. The van der Waals surface area contributed by atoms with Gasteiger partial charge in [-0.25, -0.2) is 4.57 Å². The molecule has 0 saturated heterocycles. The van der Waals surface area contributed by atoms with Gasteiger partial charge in [0.15, 0.2) is 0 Å². The van der Waals surface area contributed by atoms with Gasteiger partial charge in [-0.05, 0) is 70.6 Å². The zero-order chi connectivity index (χ0) is 68.3. The molecule has 0 aliphatic carbocycles. The van der Waals surface area contributed by atoms with E-state index in [0.717, 1.165) is 83.5 Å². The van der Waals surface area contributed by atoms with Crippen molar-refractivity contribution >= 4 is 13.7 Å². The molecule has 94 heavy (non-hydrogen) atoms. The number of aliphatic hydroxyl groups excluding tert-OH is 1. The SMILES string of the molecule is CC/C=C\C/C=C\C/C=C\C/C=C\C/C=C\C/C=C\C/C=C\CCCCCCCCCCCCCCCCCCCCCC(=O)NC(COP(=O)(O)OCC[N+](C)(C)C)C(O)CCCCCCCCCCCCCCCCCCCCCCCCCCCCCCCCC. The fourth-order valence-corrected chi connectivity index (χ4v) is 13.1. The fourth-order valence-electron chi connectivity index (χ4n) is 12.4. The van der Waals surface area contributed by atoms with Crippen molar-refractivity contribution in [2.75, 3.05) is 40.9 Å². The van der Waals surface area contributed by atoms with E-state index in [0.29, 0.717) is 23.9 Å². The number of unbranched alkanes of at least 4 members (excludes halogenated alkanes) is 49. The molecule has 0 rings (SSSR count). The molecule has 0 radical (unpaired) electrons. The number of allylic oxidation sites excluding steroid dienone is 14. The Morgan fingerprint density at radius 1 is 0.372 bits per heavy atom. The summed E-state index contributed by atoms with van der Waals surface area (Å²) < 4.78 is 24.0. The quantitative estimate of drug-likeness (QED) is 0.0243. The van der Waals surface area contributed by atoms with Crippen molar-refractivity contribution in [3.8, 4) is 0 Å². The first-order valence-corrected chi connectivity index (χ1v) is 42.4. The van der Waals surface area contributed by atoms with Gasteiger partial charge in [0.1, 0.15) is 13.2 Å². The summed E-state index contributed by atoms with van der Waals surface area (Å²) >= 11 is 0. The molecule has 0 aromatic heterocycles. The van der Waals surface area contributed by atoms with Gasteiger partial charge in [-0.1, -0.05) is 407 Å². The number of carbonyl (C=O) groups excluding carboxylic acids is 1. The van der Waals surface area contributed by atoms with Gasteiger partial charge in [-0.15, -0.1) is 0 Å². The second-order valence-electron chi connectivity index (χ2n) is 29.1. The highest BCUT2D eigenvalue weighted by Crippen LogP contribution is 2.43. The molecule has 3 atom stereocenters. The highest BCUT2D eigenvalue weighted by molar-refractivity contribution is 7.47. The molecule has 0 saturated carbocycles. The Labute approximate surface area is 586 Å². The molecule has 0 aliphatic heterocycles. The Bertz CT molecular complexity index is 1820. The highest BCUT2D eigenvalue weighted by Gasteiger charge is 2.28. The van der Waals surface area contributed by atoms with Crippen LogP contribution >= 0.6 is 7.82 Å². The van der Waals surface area contributed by atoms with Crippen molar-refractivity contribution in [2.24, 2.45) is 0 Å². The third kappa shape index (κ3) is 77.0. The van der Waals surface area contributed by atoms with E-state index in [9.17, 15) is 19.4 Å². The number of carbonyl (C=O) groups is 1. The number of quaternary nitrogens is 1. The molecule has 9 heteroatoms. The molecule has 550 valence electrons. The summed E-state index contributed by atoms with van der Waals surface area (Å²) in [6, 6.07) is -0.765. The van der Waals surface area contributed by atoms with Gasteiger partial charge in [0, 0.05) is 6.42 Å². The van der Waals surface area contributed by atoms with Crippen molar-refractivity contribution in [3.05, 3.63) is 85.1 Å². The minimum Gasteiger partial charge on any atom is -0.391 e. The van der Waals surface area contributed by atoms with Crippen molar-refractivity contribution in [2.45, 2.75) is 411 Å². The van der Waals surface area contributed by atoms with Crippen molar-refractivity contribution in [3.63, 3.8) is 0 Å². The monoisotopic (exact) mass is 1340 g/mol. The number of rotatable bonds is 76. The molecule has 0 aromatic rings. The van der Waals surface area contributed by atoms with Crippen LogP contribution in [0.2, 0.25) is 0 Å². The van der Waals surface area contributed by atoms with Gasteiger partial charge in [0.05, 0.1) is 39.9 Å². The predicted octanol–water partition coefficient (Wildman–Crippen LogP) is 27.0. The molecule has 1 amide bonds. The minimum absolute atomic E-state index is 0.0749. The van der Waals surface area contributed by atoms with E-state index in [2.05, 4.69) is 104 Å². The molecular formula is C85H160N2O6P+. The number of nitrogens with one attached hydrogen (secondary N) is 1. The van der Waals surface area contributed by atoms with Crippen LogP contribution in [0.3, 0.4) is 0 Å². The summed E-state index contributed by atoms with van der Waals surface area (Å²) in [5.74, 6) is -0.138. The molecule has 8 nitrogen and oxygen atoms in total. The number of likely N-dealkylation sites (N-methyl/N-ethyl adjacent to an activating group) is 1. The summed E-state index contributed by atoms with van der Waals surface area (Å²) in [5.41, 5.74) is 0. The smallest absolute Gasteiger partial charge is 0.391 e. The molecular weight excluding hydrogens is 1180 g/mol. The lowest BCUT2D eigenvalue weighted by Crippen LogP contribution is -2.46. The van der Waals surface area contributed by atoms with Crippen LogP contribution in [0.15, 0.2) is 85.1 Å². The van der Waals surface area contributed by atoms with E-state index < -0.39 is 20.0 Å². The van der Waals surface area contributed by atoms with Crippen LogP contribution in [0.1, 0.15) is 399 Å². The average Bonchev–Trinajstić information content (AvgIpc) is 1.77. The number of hydrogen-bond donors (Lipinski definition) is 3. The van der Waals surface area contributed by atoms with Gasteiger partial charge >= 0.3 is 7.82 Å². The van der Waals surface area contributed by atoms with Crippen LogP contribution < -0.4 is 5.32 Å². The van der Waals surface area contributed by atoms with Crippen LogP contribution in [-0.2, 0) is 18.4 Å². The first-order chi connectivity index (χ1) is 46.0. The first kappa shape index (κ1) is 91.7. The fraction of sp³-hybridized carbons (Fsp3) is 0.824. The molecule has 0 fully saturated rings. The molecule has 0 spiro atoms. The zero-order valence-electron chi connectivity index (χ0n) is 63.2. The Morgan fingerprint density at radius 3 is 0.936 bits per heavy atom. The molecule has 0 heterocycles. The summed E-state index contributed by atoms with van der Waals surface area (Å²) in [6.07, 6.45) is 107. The lowest BCUT2D eigenvalue weighted by atomic mass is 10.0. The highest BCUT2D eigenvalue weighted by atomic mass is 31.2. The van der Waals surface area contributed by atoms with E-state index >= 15 is 0 Å². The Morgan fingerprint density at radius 2 is 0.638 bits per heavy atom. The van der Waals surface area contributed by atoms with Crippen LogP contribution in [0.5, 0.6) is 0 Å². The Hall–Kier alpha value is -2.32. The third-order valence-electron chi connectivity index (χ3n) is 18.7. The molecule has 0 aliphatic rings. The lowest BCUT2D eigenvalue weighted by molar-refractivity contribution is -0.870. The summed E-state index contributed by atoms with van der Waals surface area (Å²) in [6.45, 7) is 4.83. The van der Waals surface area contributed by atoms with Crippen LogP contribution in [0.25, 0.3) is 0 Å². The topological polar surface area (TPSA) is 105 Å². The Balaban J connectivity index is 3.93. The van der Waals surface area contributed by atoms with E-state index in [1.165, 1.54) is 289 Å². The van der Waals surface area contributed by atoms with Gasteiger partial charge in [0.2, 0.25) is 5.91 Å². The zero-order valence-corrected chi connectivity index (χ0v) is 64.1. The second kappa shape index (κ2) is 74.9. The second-order valence-corrected chi connectivity index (χ2v) is 30.6. The number of amides is 1. The van der Waals surface area contributed by atoms with Crippen molar-refractivity contribution < 1.29 is 32.9 Å². The largest absolute Gasteiger partial charge is 0.472 e. The van der Waals surface area contributed by atoms with E-state index in [1.807, 2.05) is 21.1 Å². The molecule has 0 aromatic carbocycles. The van der Waals surface area contributed by atoms with Gasteiger partial charge in [0.25, 0.3) is 0 Å².